The van der Waals surface area contributed by atoms with E-state index in [1.54, 1.807) is 78.9 Å². The maximum Gasteiger partial charge on any atom is 0.139 e. The molecule has 0 aliphatic heterocycles. The van der Waals surface area contributed by atoms with Gasteiger partial charge in [-0.3, -0.25) is 0 Å². The lowest BCUT2D eigenvalue weighted by atomic mass is 10.00. The topological polar surface area (TPSA) is 132 Å². The fourth-order valence-electron chi connectivity index (χ4n) is 3.82. The lowest BCUT2D eigenvalue weighted by Gasteiger charge is -2.20. The van der Waals surface area contributed by atoms with Crippen LogP contribution in [-0.4, -0.2) is 0 Å². The summed E-state index contributed by atoms with van der Waals surface area (Å²) in [5, 5.41) is 0. The van der Waals surface area contributed by atoms with Crippen molar-refractivity contribution in [1.29, 1.82) is 0 Å². The molecule has 0 amide bonds. The zero-order valence-corrected chi connectivity index (χ0v) is 19.9. The minimum absolute atomic E-state index is 0.489. The first kappa shape index (κ1) is 23.4. The van der Waals surface area contributed by atoms with Gasteiger partial charge < -0.3 is 37.1 Å². The first-order valence-corrected chi connectivity index (χ1v) is 11.6. The van der Waals surface area contributed by atoms with Crippen LogP contribution in [0.3, 0.4) is 0 Å². The van der Waals surface area contributed by atoms with Gasteiger partial charge in [-0.15, -0.1) is 0 Å². The molecule has 8 N–H and O–H groups in total. The van der Waals surface area contributed by atoms with Crippen LogP contribution in [0.15, 0.2) is 109 Å². The minimum atomic E-state index is 0.489. The summed E-state index contributed by atoms with van der Waals surface area (Å²) in [6.45, 7) is 0. The van der Waals surface area contributed by atoms with Gasteiger partial charge in [-0.25, -0.2) is 0 Å². The molecule has 5 rings (SSSR count). The molecule has 0 atom stereocenters. The molecule has 0 aliphatic carbocycles. The van der Waals surface area contributed by atoms with Crippen molar-refractivity contribution in [2.75, 3.05) is 22.9 Å². The first-order chi connectivity index (χ1) is 18.0. The summed E-state index contributed by atoms with van der Waals surface area (Å²) in [5.74, 6) is 3.40. The Hall–Kier alpha value is -5.30. The van der Waals surface area contributed by atoms with Crippen LogP contribution < -0.4 is 37.1 Å². The second-order valence-corrected chi connectivity index (χ2v) is 8.36. The molecule has 5 aromatic rings. The molecule has 0 aliphatic rings. The summed E-state index contributed by atoms with van der Waals surface area (Å²) in [4.78, 5) is 0. The second kappa shape index (κ2) is 10.1. The van der Waals surface area contributed by atoms with Gasteiger partial charge in [0.25, 0.3) is 0 Å². The minimum Gasteiger partial charge on any atom is -0.457 e. The zero-order valence-electron chi connectivity index (χ0n) is 19.9. The fraction of sp³-hybridized carbons (Fsp3) is 0. The van der Waals surface area contributed by atoms with E-state index in [1.807, 2.05) is 30.3 Å². The molecule has 0 unspecified atom stereocenters. The molecule has 184 valence electrons. The third-order valence-electron chi connectivity index (χ3n) is 5.62. The van der Waals surface area contributed by atoms with Gasteiger partial charge in [0.1, 0.15) is 34.5 Å². The van der Waals surface area contributed by atoms with Crippen molar-refractivity contribution in [2.24, 2.45) is 0 Å². The van der Waals surface area contributed by atoms with Crippen molar-refractivity contribution in [3.05, 3.63) is 109 Å². The van der Waals surface area contributed by atoms with Crippen LogP contribution in [0.2, 0.25) is 0 Å². The lowest BCUT2D eigenvalue weighted by molar-refractivity contribution is 0.460. The molecule has 0 aromatic heterocycles. The van der Waals surface area contributed by atoms with Crippen LogP contribution in [0.5, 0.6) is 34.5 Å². The average Bonchev–Trinajstić information content (AvgIpc) is 2.89. The van der Waals surface area contributed by atoms with Crippen molar-refractivity contribution in [2.45, 2.75) is 0 Å². The van der Waals surface area contributed by atoms with Crippen molar-refractivity contribution in [1.82, 2.24) is 0 Å². The highest BCUT2D eigenvalue weighted by atomic mass is 16.5. The van der Waals surface area contributed by atoms with Gasteiger partial charge in [0.2, 0.25) is 0 Å². The number of ether oxygens (including phenoxy) is 3. The number of benzene rings is 5. The Balaban J connectivity index is 1.65. The summed E-state index contributed by atoms with van der Waals surface area (Å²) >= 11 is 0. The SMILES string of the molecule is Nc1ccc(Oc2cccc(N)c2-c2c(Oc3ccc(N)cc3)cccc2Oc2ccc(N)cc2)cc1. The van der Waals surface area contributed by atoms with E-state index in [0.29, 0.717) is 68.4 Å². The Bertz CT molecular complexity index is 1450. The van der Waals surface area contributed by atoms with Crippen LogP contribution in [0, 0.1) is 0 Å². The predicted molar refractivity (Wildman–Crippen MR) is 149 cm³/mol. The van der Waals surface area contributed by atoms with E-state index in [4.69, 9.17) is 37.1 Å². The molecule has 0 radical (unpaired) electrons. The van der Waals surface area contributed by atoms with Gasteiger partial charge in [-0.1, -0.05) is 12.1 Å². The van der Waals surface area contributed by atoms with Crippen LogP contribution in [0.1, 0.15) is 0 Å². The number of rotatable bonds is 7. The molecule has 0 spiro atoms. The Labute approximate surface area is 214 Å². The summed E-state index contributed by atoms with van der Waals surface area (Å²) in [7, 11) is 0. The van der Waals surface area contributed by atoms with Crippen LogP contribution in [0.4, 0.5) is 22.7 Å². The maximum atomic E-state index is 6.55. The average molecular weight is 491 g/mol. The van der Waals surface area contributed by atoms with Gasteiger partial charge in [0, 0.05) is 22.7 Å². The smallest absolute Gasteiger partial charge is 0.139 e. The molecule has 5 aromatic carbocycles. The van der Waals surface area contributed by atoms with E-state index >= 15 is 0 Å². The van der Waals surface area contributed by atoms with Crippen molar-refractivity contribution < 1.29 is 14.2 Å². The van der Waals surface area contributed by atoms with Crippen molar-refractivity contribution in [3.8, 4) is 45.6 Å². The van der Waals surface area contributed by atoms with Gasteiger partial charge in [-0.2, -0.15) is 0 Å². The number of anilines is 4. The summed E-state index contributed by atoms with van der Waals surface area (Å²) < 4.78 is 18.9. The molecule has 0 heterocycles. The largest absolute Gasteiger partial charge is 0.457 e. The Morgan fingerprint density at radius 3 is 1.05 bits per heavy atom. The molecule has 7 nitrogen and oxygen atoms in total. The highest BCUT2D eigenvalue weighted by Crippen LogP contribution is 2.49. The monoisotopic (exact) mass is 490 g/mol. The molecular weight excluding hydrogens is 464 g/mol. The number of hydrogen-bond acceptors (Lipinski definition) is 7. The second-order valence-electron chi connectivity index (χ2n) is 8.36. The van der Waals surface area contributed by atoms with Gasteiger partial charge in [0.15, 0.2) is 0 Å². The van der Waals surface area contributed by atoms with E-state index in [0.717, 1.165) is 0 Å². The van der Waals surface area contributed by atoms with E-state index in [2.05, 4.69) is 0 Å². The number of nitrogens with two attached hydrogens (primary N) is 4. The fourth-order valence-corrected chi connectivity index (χ4v) is 3.82. The summed E-state index contributed by atoms with van der Waals surface area (Å²) in [6, 6.07) is 32.4. The van der Waals surface area contributed by atoms with Gasteiger partial charge >= 0.3 is 0 Å². The van der Waals surface area contributed by atoms with Gasteiger partial charge in [-0.05, 0) is 97.1 Å². The molecule has 7 heteroatoms. The normalized spacial score (nSPS) is 10.6. The van der Waals surface area contributed by atoms with Crippen molar-refractivity contribution >= 4 is 22.7 Å². The van der Waals surface area contributed by atoms with Crippen LogP contribution in [-0.2, 0) is 0 Å². The lowest BCUT2D eigenvalue weighted by Crippen LogP contribution is -1.99. The molecule has 0 bridgehead atoms. The number of hydrogen-bond donors (Lipinski definition) is 4. The zero-order chi connectivity index (χ0) is 25.8. The Morgan fingerprint density at radius 1 is 0.351 bits per heavy atom. The van der Waals surface area contributed by atoms with Crippen LogP contribution >= 0.6 is 0 Å². The highest BCUT2D eigenvalue weighted by Gasteiger charge is 2.22. The van der Waals surface area contributed by atoms with E-state index in [-0.39, 0.29) is 0 Å². The summed E-state index contributed by atoms with van der Waals surface area (Å²) in [6.07, 6.45) is 0. The quantitative estimate of drug-likeness (QED) is 0.180. The maximum absolute atomic E-state index is 6.55. The molecule has 0 saturated carbocycles. The van der Waals surface area contributed by atoms with E-state index in [1.165, 1.54) is 0 Å². The van der Waals surface area contributed by atoms with E-state index < -0.39 is 0 Å². The van der Waals surface area contributed by atoms with Crippen LogP contribution in [0.25, 0.3) is 11.1 Å². The molecule has 37 heavy (non-hydrogen) atoms. The predicted octanol–water partition coefficient (Wildman–Crippen LogP) is 7.06. The Kier molecular flexibility index (Phi) is 6.42. The molecular formula is C30H26N4O3. The molecule has 0 fully saturated rings. The first-order valence-electron chi connectivity index (χ1n) is 11.6. The van der Waals surface area contributed by atoms with Crippen molar-refractivity contribution in [3.63, 3.8) is 0 Å². The standard InChI is InChI=1S/C30H26N4O3/c31-19-7-13-22(14-8-19)35-26-4-1-3-25(34)29(26)30-27(36-23-15-9-20(32)10-16-23)5-2-6-28(30)37-24-17-11-21(33)12-18-24/h1-18H,31-34H2. The number of nitrogen functional groups attached to an aromatic ring is 4. The summed E-state index contributed by atoms with van der Waals surface area (Å²) in [5.41, 5.74) is 27.8. The third-order valence-corrected chi connectivity index (χ3v) is 5.62. The highest BCUT2D eigenvalue weighted by molar-refractivity contribution is 5.89. The molecule has 0 saturated heterocycles. The van der Waals surface area contributed by atoms with E-state index in [9.17, 15) is 0 Å². The third kappa shape index (κ3) is 5.36. The Morgan fingerprint density at radius 2 is 0.676 bits per heavy atom. The van der Waals surface area contributed by atoms with Gasteiger partial charge in [0.05, 0.1) is 11.1 Å².